The summed E-state index contributed by atoms with van der Waals surface area (Å²) in [5.74, 6) is -0.127. The first-order valence-electron chi connectivity index (χ1n) is 5.54. The average molecular weight is 259 g/mol. The lowest BCUT2D eigenvalue weighted by Gasteiger charge is -2.04. The molecule has 0 atom stereocenters. The van der Waals surface area contributed by atoms with Crippen molar-refractivity contribution in [2.75, 3.05) is 0 Å². The van der Waals surface area contributed by atoms with Gasteiger partial charge >= 0.3 is 5.97 Å². The Morgan fingerprint density at radius 3 is 2.67 bits per heavy atom. The number of aromatic carboxylic acids is 1. The maximum Gasteiger partial charge on any atom is 0.335 e. The first-order chi connectivity index (χ1) is 8.65. The standard InChI is InChI=1S/C14H13NO2S/c1-10-7-12(14(16)17)8-13(15-10)18-9-11-5-3-2-4-6-11/h2-8H,9H2,1H3,(H,16,17). The highest BCUT2D eigenvalue weighted by Gasteiger charge is 2.07. The second-order valence-electron chi connectivity index (χ2n) is 3.91. The number of hydrogen-bond acceptors (Lipinski definition) is 3. The molecule has 4 heteroatoms. The average Bonchev–Trinajstić information content (AvgIpc) is 2.37. The van der Waals surface area contributed by atoms with Gasteiger partial charge in [0.15, 0.2) is 0 Å². The monoisotopic (exact) mass is 259 g/mol. The van der Waals surface area contributed by atoms with Crippen molar-refractivity contribution in [3.63, 3.8) is 0 Å². The van der Waals surface area contributed by atoms with Crippen LogP contribution < -0.4 is 0 Å². The van der Waals surface area contributed by atoms with E-state index >= 15 is 0 Å². The largest absolute Gasteiger partial charge is 0.478 e. The maximum atomic E-state index is 10.9. The molecular formula is C14H13NO2S. The predicted molar refractivity (Wildman–Crippen MR) is 71.9 cm³/mol. The van der Waals surface area contributed by atoms with Crippen LogP contribution in [0.15, 0.2) is 47.5 Å². The minimum absolute atomic E-state index is 0.290. The van der Waals surface area contributed by atoms with Crippen molar-refractivity contribution in [1.82, 2.24) is 4.98 Å². The summed E-state index contributed by atoms with van der Waals surface area (Å²) in [5.41, 5.74) is 2.21. The van der Waals surface area contributed by atoms with E-state index in [1.165, 1.54) is 5.56 Å². The van der Waals surface area contributed by atoms with Crippen LogP contribution in [0.5, 0.6) is 0 Å². The van der Waals surface area contributed by atoms with Gasteiger partial charge in [-0.2, -0.15) is 0 Å². The Balaban J connectivity index is 2.12. The van der Waals surface area contributed by atoms with Crippen LogP contribution in [0, 0.1) is 6.92 Å². The molecule has 0 spiro atoms. The highest BCUT2D eigenvalue weighted by molar-refractivity contribution is 7.98. The molecule has 92 valence electrons. The number of carboxylic acid groups (broad SMARTS) is 1. The van der Waals surface area contributed by atoms with Gasteiger partial charge in [-0.25, -0.2) is 9.78 Å². The number of carbonyl (C=O) groups is 1. The van der Waals surface area contributed by atoms with E-state index in [2.05, 4.69) is 4.98 Å². The molecule has 1 N–H and O–H groups in total. The first-order valence-corrected chi connectivity index (χ1v) is 6.52. The minimum Gasteiger partial charge on any atom is -0.478 e. The molecule has 0 saturated carbocycles. The number of rotatable bonds is 4. The quantitative estimate of drug-likeness (QED) is 0.855. The van der Waals surface area contributed by atoms with Crippen molar-refractivity contribution in [2.45, 2.75) is 17.7 Å². The second-order valence-corrected chi connectivity index (χ2v) is 4.91. The Labute approximate surface area is 110 Å². The summed E-state index contributed by atoms with van der Waals surface area (Å²) < 4.78 is 0. The highest BCUT2D eigenvalue weighted by atomic mass is 32.2. The number of benzene rings is 1. The summed E-state index contributed by atoms with van der Waals surface area (Å²) in [5, 5.41) is 9.73. The molecule has 1 aromatic carbocycles. The van der Waals surface area contributed by atoms with Crippen molar-refractivity contribution in [3.8, 4) is 0 Å². The second kappa shape index (κ2) is 5.69. The number of aryl methyl sites for hydroxylation is 1. The van der Waals surface area contributed by atoms with Crippen LogP contribution in [-0.2, 0) is 5.75 Å². The number of aromatic nitrogens is 1. The molecule has 2 aromatic rings. The molecule has 0 aliphatic heterocycles. The zero-order chi connectivity index (χ0) is 13.0. The van der Waals surface area contributed by atoms with Gasteiger partial charge in [0.2, 0.25) is 0 Å². The van der Waals surface area contributed by atoms with E-state index in [0.717, 1.165) is 16.5 Å². The van der Waals surface area contributed by atoms with Gasteiger partial charge in [-0.05, 0) is 24.6 Å². The van der Waals surface area contributed by atoms with Crippen LogP contribution in [0.2, 0.25) is 0 Å². The Bertz CT molecular complexity index is 555. The highest BCUT2D eigenvalue weighted by Crippen LogP contribution is 2.22. The third-order valence-corrected chi connectivity index (χ3v) is 3.39. The van der Waals surface area contributed by atoms with Crippen LogP contribution in [0.1, 0.15) is 21.6 Å². The predicted octanol–water partition coefficient (Wildman–Crippen LogP) is 3.38. The lowest BCUT2D eigenvalue weighted by molar-refractivity contribution is 0.0696. The van der Waals surface area contributed by atoms with Crippen LogP contribution in [0.4, 0.5) is 0 Å². The topological polar surface area (TPSA) is 50.2 Å². The molecule has 3 nitrogen and oxygen atoms in total. The van der Waals surface area contributed by atoms with Crippen LogP contribution in [0.25, 0.3) is 0 Å². The number of nitrogens with zero attached hydrogens (tertiary/aromatic N) is 1. The molecule has 1 aromatic heterocycles. The normalized spacial score (nSPS) is 10.3. The van der Waals surface area contributed by atoms with Crippen molar-refractivity contribution in [2.24, 2.45) is 0 Å². The summed E-state index contributed by atoms with van der Waals surface area (Å²) in [6.45, 7) is 1.80. The van der Waals surface area contributed by atoms with E-state index in [0.29, 0.717) is 0 Å². The van der Waals surface area contributed by atoms with Crippen LogP contribution >= 0.6 is 11.8 Å². The van der Waals surface area contributed by atoms with Gasteiger partial charge in [-0.1, -0.05) is 30.3 Å². The SMILES string of the molecule is Cc1cc(C(=O)O)cc(SCc2ccccc2)n1. The Hall–Kier alpha value is -1.81. The van der Waals surface area contributed by atoms with Gasteiger partial charge in [0.1, 0.15) is 0 Å². The third-order valence-electron chi connectivity index (χ3n) is 2.41. The molecule has 0 unspecified atom stereocenters. The zero-order valence-corrected chi connectivity index (χ0v) is 10.8. The molecule has 0 saturated heterocycles. The molecule has 0 fully saturated rings. The van der Waals surface area contributed by atoms with Crippen molar-refractivity contribution < 1.29 is 9.90 Å². The van der Waals surface area contributed by atoms with E-state index in [9.17, 15) is 4.79 Å². The van der Waals surface area contributed by atoms with Crippen molar-refractivity contribution in [1.29, 1.82) is 0 Å². The summed E-state index contributed by atoms with van der Waals surface area (Å²) >= 11 is 1.54. The number of carboxylic acids is 1. The van der Waals surface area contributed by atoms with E-state index in [1.54, 1.807) is 30.8 Å². The zero-order valence-electron chi connectivity index (χ0n) is 9.96. The number of thioether (sulfide) groups is 1. The van der Waals surface area contributed by atoms with E-state index in [-0.39, 0.29) is 5.56 Å². The Kier molecular flexibility index (Phi) is 3.99. The Morgan fingerprint density at radius 1 is 1.28 bits per heavy atom. The van der Waals surface area contributed by atoms with Crippen molar-refractivity contribution in [3.05, 3.63) is 59.3 Å². The molecule has 18 heavy (non-hydrogen) atoms. The fourth-order valence-corrected chi connectivity index (χ4v) is 2.49. The molecule has 0 bridgehead atoms. The Morgan fingerprint density at radius 2 is 2.00 bits per heavy atom. The molecular weight excluding hydrogens is 246 g/mol. The maximum absolute atomic E-state index is 10.9. The van der Waals surface area contributed by atoms with Crippen LogP contribution in [-0.4, -0.2) is 16.1 Å². The molecule has 2 rings (SSSR count). The lowest BCUT2D eigenvalue weighted by atomic mass is 10.2. The molecule has 0 aliphatic carbocycles. The van der Waals surface area contributed by atoms with Gasteiger partial charge in [-0.3, -0.25) is 0 Å². The van der Waals surface area contributed by atoms with E-state index in [1.807, 2.05) is 30.3 Å². The summed E-state index contributed by atoms with van der Waals surface area (Å²) in [6, 6.07) is 13.2. The summed E-state index contributed by atoms with van der Waals surface area (Å²) in [7, 11) is 0. The van der Waals surface area contributed by atoms with Crippen LogP contribution in [0.3, 0.4) is 0 Å². The number of hydrogen-bond donors (Lipinski definition) is 1. The first kappa shape index (κ1) is 12.6. The summed E-state index contributed by atoms with van der Waals surface area (Å²) in [4.78, 5) is 15.3. The van der Waals surface area contributed by atoms with Gasteiger partial charge < -0.3 is 5.11 Å². The van der Waals surface area contributed by atoms with Crippen molar-refractivity contribution >= 4 is 17.7 Å². The molecule has 0 aliphatic rings. The fourth-order valence-electron chi connectivity index (χ4n) is 1.57. The fraction of sp³-hybridized carbons (Fsp3) is 0.143. The van der Waals surface area contributed by atoms with Gasteiger partial charge in [0.25, 0.3) is 0 Å². The minimum atomic E-state index is -0.915. The smallest absolute Gasteiger partial charge is 0.335 e. The van der Waals surface area contributed by atoms with E-state index < -0.39 is 5.97 Å². The van der Waals surface area contributed by atoms with Gasteiger partial charge in [0, 0.05) is 11.4 Å². The van der Waals surface area contributed by atoms with Gasteiger partial charge in [0.05, 0.1) is 10.6 Å². The number of pyridine rings is 1. The lowest BCUT2D eigenvalue weighted by Crippen LogP contribution is -1.99. The molecule has 1 heterocycles. The van der Waals surface area contributed by atoms with Gasteiger partial charge in [-0.15, -0.1) is 11.8 Å². The molecule has 0 radical (unpaired) electrons. The summed E-state index contributed by atoms with van der Waals surface area (Å²) in [6.07, 6.45) is 0. The van der Waals surface area contributed by atoms with E-state index in [4.69, 9.17) is 5.11 Å². The molecule has 0 amide bonds. The third kappa shape index (κ3) is 3.34.